The van der Waals surface area contributed by atoms with E-state index in [9.17, 15) is 8.42 Å². The molecular formula is C13H26N2O2S. The first-order chi connectivity index (χ1) is 8.46. The van der Waals surface area contributed by atoms with Gasteiger partial charge in [0.2, 0.25) is 0 Å². The standard InChI is InChI=1S/C13H26N2O2S/c1-12-9-18(16,17)8-7-15(12)11-13(10-14)5-3-2-4-6-13/h12H,2-11,14H2,1H3. The molecule has 5 heteroatoms. The first kappa shape index (κ1) is 14.3. The fourth-order valence-electron chi connectivity index (χ4n) is 3.43. The molecule has 0 aromatic heterocycles. The van der Waals surface area contributed by atoms with Crippen molar-refractivity contribution in [3.63, 3.8) is 0 Å². The summed E-state index contributed by atoms with van der Waals surface area (Å²) in [5, 5.41) is 0. The van der Waals surface area contributed by atoms with Gasteiger partial charge in [-0.3, -0.25) is 4.90 Å². The Balaban J connectivity index is 2.00. The Hall–Kier alpha value is -0.130. The highest BCUT2D eigenvalue weighted by molar-refractivity contribution is 7.91. The summed E-state index contributed by atoms with van der Waals surface area (Å²) < 4.78 is 23.2. The molecule has 18 heavy (non-hydrogen) atoms. The van der Waals surface area contributed by atoms with Gasteiger partial charge in [0.15, 0.2) is 9.84 Å². The summed E-state index contributed by atoms with van der Waals surface area (Å²) in [7, 11) is -2.81. The molecule has 1 unspecified atom stereocenters. The minimum atomic E-state index is -2.81. The monoisotopic (exact) mass is 274 g/mol. The summed E-state index contributed by atoms with van der Waals surface area (Å²) in [5.41, 5.74) is 6.25. The molecule has 4 nitrogen and oxygen atoms in total. The molecule has 2 rings (SSSR count). The van der Waals surface area contributed by atoms with E-state index in [2.05, 4.69) is 4.90 Å². The second-order valence-electron chi connectivity index (χ2n) is 6.20. The number of nitrogens with zero attached hydrogens (tertiary/aromatic N) is 1. The van der Waals surface area contributed by atoms with Gasteiger partial charge in [0.05, 0.1) is 11.5 Å². The fourth-order valence-corrected chi connectivity index (χ4v) is 5.05. The number of hydrogen-bond donors (Lipinski definition) is 1. The maximum atomic E-state index is 11.6. The van der Waals surface area contributed by atoms with Crippen LogP contribution in [0.1, 0.15) is 39.0 Å². The van der Waals surface area contributed by atoms with Crippen LogP contribution in [0.15, 0.2) is 0 Å². The van der Waals surface area contributed by atoms with Crippen molar-refractivity contribution in [3.05, 3.63) is 0 Å². The highest BCUT2D eigenvalue weighted by Crippen LogP contribution is 2.36. The van der Waals surface area contributed by atoms with Crippen LogP contribution in [0.25, 0.3) is 0 Å². The van der Waals surface area contributed by atoms with E-state index in [1.807, 2.05) is 6.92 Å². The first-order valence-corrected chi connectivity index (χ1v) is 8.93. The lowest BCUT2D eigenvalue weighted by Gasteiger charge is -2.43. The van der Waals surface area contributed by atoms with E-state index in [1.54, 1.807) is 0 Å². The summed E-state index contributed by atoms with van der Waals surface area (Å²) in [6.45, 7) is 4.44. The predicted octanol–water partition coefficient (Wildman–Crippen LogP) is 1.01. The number of rotatable bonds is 3. The van der Waals surface area contributed by atoms with Gasteiger partial charge in [-0.2, -0.15) is 0 Å². The molecule has 0 radical (unpaired) electrons. The molecule has 0 aromatic carbocycles. The third-order valence-corrected chi connectivity index (χ3v) is 6.49. The third-order valence-electron chi connectivity index (χ3n) is 4.69. The maximum absolute atomic E-state index is 11.6. The molecule has 0 spiro atoms. The van der Waals surface area contributed by atoms with Crippen LogP contribution in [-0.4, -0.2) is 50.5 Å². The van der Waals surface area contributed by atoms with Crippen molar-refractivity contribution < 1.29 is 8.42 Å². The first-order valence-electron chi connectivity index (χ1n) is 7.11. The third kappa shape index (κ3) is 3.25. The highest BCUT2D eigenvalue weighted by Gasteiger charge is 2.36. The summed E-state index contributed by atoms with van der Waals surface area (Å²) in [5.74, 6) is 0.631. The Morgan fingerprint density at radius 1 is 1.28 bits per heavy atom. The lowest BCUT2D eigenvalue weighted by Crippen LogP contribution is -2.53. The lowest BCUT2D eigenvalue weighted by molar-refractivity contribution is 0.0932. The molecule has 1 atom stereocenters. The zero-order valence-electron chi connectivity index (χ0n) is 11.4. The van der Waals surface area contributed by atoms with E-state index < -0.39 is 9.84 Å². The molecular weight excluding hydrogens is 248 g/mol. The Bertz CT molecular complexity index is 374. The Morgan fingerprint density at radius 2 is 1.94 bits per heavy atom. The molecule has 0 aromatic rings. The van der Waals surface area contributed by atoms with Crippen LogP contribution in [0.4, 0.5) is 0 Å². The minimum Gasteiger partial charge on any atom is -0.330 e. The average Bonchev–Trinajstić information content (AvgIpc) is 2.34. The van der Waals surface area contributed by atoms with Gasteiger partial charge in [0, 0.05) is 19.1 Å². The van der Waals surface area contributed by atoms with Crippen molar-refractivity contribution in [1.82, 2.24) is 4.90 Å². The van der Waals surface area contributed by atoms with E-state index in [1.165, 1.54) is 32.1 Å². The molecule has 1 saturated carbocycles. The maximum Gasteiger partial charge on any atom is 0.153 e. The van der Waals surface area contributed by atoms with E-state index in [0.717, 1.165) is 13.1 Å². The van der Waals surface area contributed by atoms with Crippen molar-refractivity contribution >= 4 is 9.84 Å². The van der Waals surface area contributed by atoms with Gasteiger partial charge in [0.1, 0.15) is 0 Å². The van der Waals surface area contributed by atoms with E-state index >= 15 is 0 Å². The van der Waals surface area contributed by atoms with Gasteiger partial charge in [-0.15, -0.1) is 0 Å². The van der Waals surface area contributed by atoms with Crippen LogP contribution in [0.5, 0.6) is 0 Å². The second-order valence-corrected chi connectivity index (χ2v) is 8.43. The quantitative estimate of drug-likeness (QED) is 0.834. The normalized spacial score (nSPS) is 32.2. The minimum absolute atomic E-state index is 0.147. The molecule has 1 aliphatic carbocycles. The Morgan fingerprint density at radius 3 is 2.50 bits per heavy atom. The Kier molecular flexibility index (Phi) is 4.34. The van der Waals surface area contributed by atoms with Crippen LogP contribution in [0.2, 0.25) is 0 Å². The molecule has 106 valence electrons. The SMILES string of the molecule is CC1CS(=O)(=O)CCN1CC1(CN)CCCCC1. The summed E-state index contributed by atoms with van der Waals surface area (Å²) in [6, 6.07) is 0.147. The van der Waals surface area contributed by atoms with Gasteiger partial charge in [-0.05, 0) is 31.7 Å². The summed E-state index contributed by atoms with van der Waals surface area (Å²) in [4.78, 5) is 2.35. The van der Waals surface area contributed by atoms with E-state index in [0.29, 0.717) is 18.1 Å². The van der Waals surface area contributed by atoms with Gasteiger partial charge in [-0.25, -0.2) is 8.42 Å². The number of nitrogens with two attached hydrogens (primary N) is 1. The average molecular weight is 274 g/mol. The molecule has 0 bridgehead atoms. The molecule has 1 saturated heterocycles. The van der Waals surface area contributed by atoms with E-state index in [-0.39, 0.29) is 11.5 Å². The van der Waals surface area contributed by atoms with Crippen LogP contribution >= 0.6 is 0 Å². The Labute approximate surface area is 111 Å². The van der Waals surface area contributed by atoms with Crippen molar-refractivity contribution in [2.24, 2.45) is 11.1 Å². The predicted molar refractivity (Wildman–Crippen MR) is 74.3 cm³/mol. The smallest absolute Gasteiger partial charge is 0.153 e. The van der Waals surface area contributed by atoms with Crippen molar-refractivity contribution in [3.8, 4) is 0 Å². The van der Waals surface area contributed by atoms with Crippen molar-refractivity contribution in [1.29, 1.82) is 0 Å². The van der Waals surface area contributed by atoms with Crippen LogP contribution in [0, 0.1) is 5.41 Å². The number of sulfone groups is 1. The number of hydrogen-bond acceptors (Lipinski definition) is 4. The highest BCUT2D eigenvalue weighted by atomic mass is 32.2. The molecule has 1 aliphatic heterocycles. The molecule has 1 heterocycles. The zero-order valence-corrected chi connectivity index (χ0v) is 12.2. The van der Waals surface area contributed by atoms with Crippen LogP contribution < -0.4 is 5.73 Å². The second kappa shape index (κ2) is 5.47. The fraction of sp³-hybridized carbons (Fsp3) is 1.00. The largest absolute Gasteiger partial charge is 0.330 e. The van der Waals surface area contributed by atoms with Gasteiger partial charge in [-0.1, -0.05) is 19.3 Å². The van der Waals surface area contributed by atoms with Crippen molar-refractivity contribution in [2.75, 3.05) is 31.1 Å². The van der Waals surface area contributed by atoms with E-state index in [4.69, 9.17) is 5.73 Å². The summed E-state index contributed by atoms with van der Waals surface area (Å²) in [6.07, 6.45) is 6.29. The van der Waals surface area contributed by atoms with Crippen molar-refractivity contribution in [2.45, 2.75) is 45.1 Å². The molecule has 2 fully saturated rings. The molecule has 2 N–H and O–H groups in total. The zero-order chi connectivity index (χ0) is 13.2. The summed E-state index contributed by atoms with van der Waals surface area (Å²) >= 11 is 0. The molecule has 2 aliphatic rings. The topological polar surface area (TPSA) is 63.4 Å². The van der Waals surface area contributed by atoms with Gasteiger partial charge < -0.3 is 5.73 Å². The van der Waals surface area contributed by atoms with Gasteiger partial charge in [0.25, 0.3) is 0 Å². The van der Waals surface area contributed by atoms with Crippen LogP contribution in [0.3, 0.4) is 0 Å². The van der Waals surface area contributed by atoms with Gasteiger partial charge >= 0.3 is 0 Å². The molecule has 0 amide bonds. The lowest BCUT2D eigenvalue weighted by atomic mass is 9.73. The van der Waals surface area contributed by atoms with Crippen LogP contribution in [-0.2, 0) is 9.84 Å².